The second-order valence-corrected chi connectivity index (χ2v) is 7.03. The fraction of sp³-hybridized carbons (Fsp3) is 0.263. The number of rotatable bonds is 3. The number of amides is 1. The summed E-state index contributed by atoms with van der Waals surface area (Å²) in [5, 5.41) is 12.5. The van der Waals surface area contributed by atoms with Crippen molar-refractivity contribution in [3.05, 3.63) is 47.2 Å². The van der Waals surface area contributed by atoms with Crippen LogP contribution in [0.5, 0.6) is 0 Å². The molecule has 1 amide bonds. The summed E-state index contributed by atoms with van der Waals surface area (Å²) < 4.78 is 0. The Morgan fingerprint density at radius 1 is 1.28 bits per heavy atom. The molecule has 0 radical (unpaired) electrons. The molecule has 4 rings (SSSR count). The topological polar surface area (TPSA) is 67.8 Å². The fourth-order valence-electron chi connectivity index (χ4n) is 3.01. The second-order valence-electron chi connectivity index (χ2n) is 6.62. The average Bonchev–Trinajstić information content (AvgIpc) is 3.32. The third-order valence-corrected chi connectivity index (χ3v) is 4.98. The lowest BCUT2D eigenvalue weighted by molar-refractivity contribution is -0.117. The molecule has 3 aromatic rings. The van der Waals surface area contributed by atoms with E-state index in [-0.39, 0.29) is 11.8 Å². The summed E-state index contributed by atoms with van der Waals surface area (Å²) in [4.78, 5) is 16.3. The molecule has 1 fully saturated rings. The Hall–Kier alpha value is -2.53. The number of aromatic nitrogens is 3. The van der Waals surface area contributed by atoms with Gasteiger partial charge in [-0.3, -0.25) is 9.78 Å². The highest BCUT2D eigenvalue weighted by atomic mass is 35.5. The number of pyridine rings is 1. The zero-order valence-corrected chi connectivity index (χ0v) is 14.7. The number of nitrogens with zero attached hydrogens (tertiary/aromatic N) is 3. The number of carbonyl (C=O) groups is 1. The van der Waals surface area contributed by atoms with Gasteiger partial charge in [0.15, 0.2) is 5.82 Å². The molecule has 25 heavy (non-hydrogen) atoms. The molecular formula is C19H17ClN4O. The predicted octanol–water partition coefficient (Wildman–Crippen LogP) is 4.25. The molecule has 2 heterocycles. The van der Waals surface area contributed by atoms with Crippen LogP contribution in [-0.2, 0) is 4.79 Å². The highest BCUT2D eigenvalue weighted by Crippen LogP contribution is 2.38. The van der Waals surface area contributed by atoms with Crippen molar-refractivity contribution in [1.29, 1.82) is 0 Å². The van der Waals surface area contributed by atoms with Crippen LogP contribution in [0.15, 0.2) is 36.7 Å². The number of hydrogen-bond acceptors (Lipinski definition) is 4. The van der Waals surface area contributed by atoms with Crippen LogP contribution in [0.2, 0.25) is 5.02 Å². The molecule has 5 nitrogen and oxygen atoms in total. The summed E-state index contributed by atoms with van der Waals surface area (Å²) in [7, 11) is 0. The summed E-state index contributed by atoms with van der Waals surface area (Å²) in [6.07, 6.45) is 4.52. The average molecular weight is 353 g/mol. The van der Waals surface area contributed by atoms with Crippen molar-refractivity contribution in [3.8, 4) is 11.1 Å². The number of nitrogens with one attached hydrogen (secondary N) is 1. The van der Waals surface area contributed by atoms with E-state index in [1.807, 2.05) is 37.4 Å². The lowest BCUT2D eigenvalue weighted by Gasteiger charge is -2.09. The maximum Gasteiger partial charge on any atom is 0.228 e. The van der Waals surface area contributed by atoms with Crippen LogP contribution in [-0.4, -0.2) is 21.1 Å². The molecule has 0 bridgehead atoms. The number of carbonyl (C=O) groups excluding carboxylic acids is 1. The Labute approximate surface area is 150 Å². The standard InChI is InChI=1S/C19H17ClN4O/c1-10-3-4-21-9-15(10)12-6-13-8-17(22-19(25)14-5-11(14)2)23-24-18(13)16(20)7-12/h3-4,6-9,11,14H,5H2,1-2H3,(H,22,23,25)/t11-,14-/m1/s1. The van der Waals surface area contributed by atoms with E-state index in [0.29, 0.717) is 22.3 Å². The maximum absolute atomic E-state index is 12.1. The summed E-state index contributed by atoms with van der Waals surface area (Å²) in [5.74, 6) is 0.993. The van der Waals surface area contributed by atoms with Gasteiger partial charge in [-0.05, 0) is 54.7 Å². The summed E-state index contributed by atoms with van der Waals surface area (Å²) >= 11 is 6.39. The molecule has 0 spiro atoms. The third kappa shape index (κ3) is 3.07. The van der Waals surface area contributed by atoms with Crippen LogP contribution in [0.25, 0.3) is 22.0 Å². The van der Waals surface area contributed by atoms with E-state index in [1.54, 1.807) is 6.20 Å². The van der Waals surface area contributed by atoms with Crippen molar-refractivity contribution in [2.75, 3.05) is 5.32 Å². The number of hydrogen-bond donors (Lipinski definition) is 1. The summed E-state index contributed by atoms with van der Waals surface area (Å²) in [6, 6.07) is 7.64. The third-order valence-electron chi connectivity index (χ3n) is 4.69. The minimum Gasteiger partial charge on any atom is -0.309 e. The molecular weight excluding hydrogens is 336 g/mol. The molecule has 2 atom stereocenters. The van der Waals surface area contributed by atoms with Crippen molar-refractivity contribution in [2.24, 2.45) is 11.8 Å². The van der Waals surface area contributed by atoms with Gasteiger partial charge in [0.1, 0.15) is 5.52 Å². The Morgan fingerprint density at radius 3 is 2.80 bits per heavy atom. The molecule has 6 heteroatoms. The van der Waals surface area contributed by atoms with Gasteiger partial charge in [0.05, 0.1) is 5.02 Å². The van der Waals surface area contributed by atoms with E-state index < -0.39 is 0 Å². The Morgan fingerprint density at radius 2 is 2.08 bits per heavy atom. The molecule has 1 aliphatic carbocycles. The van der Waals surface area contributed by atoms with Crippen LogP contribution >= 0.6 is 11.6 Å². The Bertz CT molecular complexity index is 988. The monoisotopic (exact) mass is 352 g/mol. The zero-order chi connectivity index (χ0) is 17.6. The number of halogens is 1. The molecule has 0 saturated heterocycles. The first kappa shape index (κ1) is 16.0. The number of aryl methyl sites for hydroxylation is 1. The van der Waals surface area contributed by atoms with Gasteiger partial charge in [-0.1, -0.05) is 18.5 Å². The van der Waals surface area contributed by atoms with Crippen molar-refractivity contribution in [2.45, 2.75) is 20.3 Å². The summed E-state index contributed by atoms with van der Waals surface area (Å²) in [6.45, 7) is 4.10. The Balaban J connectivity index is 1.73. The van der Waals surface area contributed by atoms with Gasteiger partial charge in [-0.2, -0.15) is 0 Å². The molecule has 1 N–H and O–H groups in total. The largest absolute Gasteiger partial charge is 0.309 e. The minimum atomic E-state index is 0.00602. The number of benzene rings is 1. The van der Waals surface area contributed by atoms with Gasteiger partial charge in [0.25, 0.3) is 0 Å². The van der Waals surface area contributed by atoms with E-state index >= 15 is 0 Å². The molecule has 1 aromatic carbocycles. The maximum atomic E-state index is 12.1. The molecule has 1 saturated carbocycles. The first-order chi connectivity index (χ1) is 12.0. The first-order valence-electron chi connectivity index (χ1n) is 8.22. The van der Waals surface area contributed by atoms with Gasteiger partial charge >= 0.3 is 0 Å². The molecule has 126 valence electrons. The van der Waals surface area contributed by atoms with Gasteiger partial charge < -0.3 is 5.32 Å². The van der Waals surface area contributed by atoms with Crippen LogP contribution in [0.4, 0.5) is 5.82 Å². The van der Waals surface area contributed by atoms with Gasteiger partial charge in [0, 0.05) is 29.3 Å². The highest BCUT2D eigenvalue weighted by Gasteiger charge is 2.39. The van der Waals surface area contributed by atoms with E-state index in [0.717, 1.165) is 28.5 Å². The van der Waals surface area contributed by atoms with Gasteiger partial charge in [0.2, 0.25) is 5.91 Å². The zero-order valence-electron chi connectivity index (χ0n) is 14.0. The fourth-order valence-corrected chi connectivity index (χ4v) is 3.27. The predicted molar refractivity (Wildman–Crippen MR) is 98.4 cm³/mol. The highest BCUT2D eigenvalue weighted by molar-refractivity contribution is 6.35. The van der Waals surface area contributed by atoms with Crippen molar-refractivity contribution in [1.82, 2.24) is 15.2 Å². The van der Waals surface area contributed by atoms with E-state index in [1.165, 1.54) is 0 Å². The Kier molecular flexibility index (Phi) is 3.88. The first-order valence-corrected chi connectivity index (χ1v) is 8.59. The van der Waals surface area contributed by atoms with E-state index in [9.17, 15) is 4.79 Å². The van der Waals surface area contributed by atoms with Crippen LogP contribution in [0, 0.1) is 18.8 Å². The van der Waals surface area contributed by atoms with E-state index in [2.05, 4.69) is 27.4 Å². The van der Waals surface area contributed by atoms with Crippen molar-refractivity contribution >= 4 is 34.2 Å². The van der Waals surface area contributed by atoms with Crippen LogP contribution < -0.4 is 5.32 Å². The van der Waals surface area contributed by atoms with Crippen LogP contribution in [0.3, 0.4) is 0 Å². The van der Waals surface area contributed by atoms with Crippen molar-refractivity contribution < 1.29 is 4.79 Å². The lowest BCUT2D eigenvalue weighted by Crippen LogP contribution is -2.15. The molecule has 0 aliphatic heterocycles. The molecule has 0 unspecified atom stereocenters. The molecule has 1 aliphatic rings. The number of anilines is 1. The van der Waals surface area contributed by atoms with Gasteiger partial charge in [-0.15, -0.1) is 10.2 Å². The summed E-state index contributed by atoms with van der Waals surface area (Å²) in [5.41, 5.74) is 3.71. The SMILES string of the molecule is Cc1ccncc1-c1cc(Cl)c2nnc(NC(=O)[C@@H]3C[C@H]3C)cc2c1. The molecule has 2 aromatic heterocycles. The minimum absolute atomic E-state index is 0.00602. The van der Waals surface area contributed by atoms with Crippen molar-refractivity contribution in [3.63, 3.8) is 0 Å². The normalized spacial score (nSPS) is 19.0. The van der Waals surface area contributed by atoms with Gasteiger partial charge in [-0.25, -0.2) is 0 Å². The quantitative estimate of drug-likeness (QED) is 0.765. The smallest absolute Gasteiger partial charge is 0.228 e. The van der Waals surface area contributed by atoms with E-state index in [4.69, 9.17) is 11.6 Å². The van der Waals surface area contributed by atoms with Crippen LogP contribution in [0.1, 0.15) is 18.9 Å². The second kappa shape index (κ2) is 6.08. The number of fused-ring (bicyclic) bond motifs is 1. The lowest BCUT2D eigenvalue weighted by atomic mass is 10.0.